The van der Waals surface area contributed by atoms with Crippen LogP contribution >= 0.6 is 0 Å². The molecule has 1 aliphatic carbocycles. The highest BCUT2D eigenvalue weighted by Crippen LogP contribution is 2.37. The number of hydrogen-bond donors (Lipinski definition) is 2. The maximum Gasteiger partial charge on any atom is 0.418 e. The predicted octanol–water partition coefficient (Wildman–Crippen LogP) is 4.22. The van der Waals surface area contributed by atoms with Crippen molar-refractivity contribution in [3.8, 4) is 28.4 Å². The Kier molecular flexibility index (Phi) is 6.75. The molecule has 1 atom stereocenters. The summed E-state index contributed by atoms with van der Waals surface area (Å²) in [7, 11) is 3.00. The molecule has 0 radical (unpaired) electrons. The van der Waals surface area contributed by atoms with Crippen LogP contribution in [0.1, 0.15) is 30.0 Å². The van der Waals surface area contributed by atoms with Gasteiger partial charge in [0.1, 0.15) is 11.5 Å². The zero-order valence-electron chi connectivity index (χ0n) is 19.6. The standard InChI is InChI=1S/C25H26F3N3O4/c1-14(32)13-29-16-7-8-21(25(26,27)28)22(11-16)31-24(33)20-6-4-5-19(20)23(30-31)15-9-17(34-2)12-18(10-15)35-3/h7-12,14,29,32H,4-6,13H2,1-3H3. The van der Waals surface area contributed by atoms with Crippen molar-refractivity contribution in [3.63, 3.8) is 0 Å². The summed E-state index contributed by atoms with van der Waals surface area (Å²) >= 11 is 0. The van der Waals surface area contributed by atoms with Gasteiger partial charge in [0.05, 0.1) is 37.3 Å². The fourth-order valence-corrected chi connectivity index (χ4v) is 4.24. The van der Waals surface area contributed by atoms with Gasteiger partial charge in [-0.2, -0.15) is 23.0 Å². The van der Waals surface area contributed by atoms with Crippen molar-refractivity contribution in [1.82, 2.24) is 9.78 Å². The van der Waals surface area contributed by atoms with E-state index in [0.29, 0.717) is 53.3 Å². The number of methoxy groups -OCH3 is 2. The molecule has 7 nitrogen and oxygen atoms in total. The van der Waals surface area contributed by atoms with Crippen molar-refractivity contribution in [2.45, 2.75) is 38.5 Å². The van der Waals surface area contributed by atoms with Gasteiger partial charge < -0.3 is 19.9 Å². The number of benzene rings is 2. The Morgan fingerprint density at radius 2 is 1.74 bits per heavy atom. The first-order chi connectivity index (χ1) is 16.6. The van der Waals surface area contributed by atoms with Crippen LogP contribution in [-0.4, -0.2) is 41.8 Å². The summed E-state index contributed by atoms with van der Waals surface area (Å²) in [4.78, 5) is 13.4. The molecule has 1 unspecified atom stereocenters. The first-order valence-electron chi connectivity index (χ1n) is 11.1. The second-order valence-corrected chi connectivity index (χ2v) is 8.44. The molecule has 1 heterocycles. The van der Waals surface area contributed by atoms with Gasteiger partial charge in [0.25, 0.3) is 5.56 Å². The average molecular weight is 489 g/mol. The van der Waals surface area contributed by atoms with Gasteiger partial charge in [0.2, 0.25) is 0 Å². The molecular formula is C25H26F3N3O4. The molecule has 0 aliphatic heterocycles. The molecule has 0 fully saturated rings. The fourth-order valence-electron chi connectivity index (χ4n) is 4.24. The van der Waals surface area contributed by atoms with Crippen LogP contribution in [0.5, 0.6) is 11.5 Å². The number of rotatable bonds is 7. The van der Waals surface area contributed by atoms with Gasteiger partial charge in [-0.1, -0.05) is 0 Å². The van der Waals surface area contributed by atoms with E-state index in [-0.39, 0.29) is 12.2 Å². The highest BCUT2D eigenvalue weighted by Gasteiger charge is 2.35. The van der Waals surface area contributed by atoms with Gasteiger partial charge in [-0.05, 0) is 62.1 Å². The molecule has 0 saturated carbocycles. The number of aromatic nitrogens is 2. The summed E-state index contributed by atoms with van der Waals surface area (Å²) in [5.74, 6) is 0.983. The van der Waals surface area contributed by atoms with E-state index in [1.807, 2.05) is 0 Å². The third-order valence-electron chi connectivity index (χ3n) is 5.91. The molecule has 0 saturated heterocycles. The Bertz CT molecular complexity index is 1280. The summed E-state index contributed by atoms with van der Waals surface area (Å²) in [5, 5.41) is 16.9. The maximum atomic E-state index is 14.0. The number of hydrogen-bond acceptors (Lipinski definition) is 6. The van der Waals surface area contributed by atoms with E-state index in [1.54, 1.807) is 25.1 Å². The van der Waals surface area contributed by atoms with E-state index in [9.17, 15) is 23.1 Å². The molecule has 1 aliphatic rings. The third kappa shape index (κ3) is 4.97. The van der Waals surface area contributed by atoms with Crippen molar-refractivity contribution >= 4 is 5.69 Å². The lowest BCUT2D eigenvalue weighted by atomic mass is 10.0. The van der Waals surface area contributed by atoms with Crippen LogP contribution in [0.15, 0.2) is 41.2 Å². The number of anilines is 1. The van der Waals surface area contributed by atoms with E-state index in [0.717, 1.165) is 16.3 Å². The molecular weight excluding hydrogens is 463 g/mol. The van der Waals surface area contributed by atoms with Crippen LogP contribution < -0.4 is 20.3 Å². The summed E-state index contributed by atoms with van der Waals surface area (Å²) < 4.78 is 53.4. The highest BCUT2D eigenvalue weighted by molar-refractivity contribution is 5.69. The average Bonchev–Trinajstić information content (AvgIpc) is 3.32. The lowest BCUT2D eigenvalue weighted by Crippen LogP contribution is -2.28. The second-order valence-electron chi connectivity index (χ2n) is 8.44. The van der Waals surface area contributed by atoms with Crippen LogP contribution in [0.2, 0.25) is 0 Å². The molecule has 1 aromatic heterocycles. The molecule has 186 valence electrons. The second kappa shape index (κ2) is 9.61. The van der Waals surface area contributed by atoms with Gasteiger partial charge in [0, 0.05) is 29.4 Å². The number of alkyl halides is 3. The van der Waals surface area contributed by atoms with Crippen molar-refractivity contribution in [3.05, 3.63) is 63.4 Å². The van der Waals surface area contributed by atoms with E-state index >= 15 is 0 Å². The quantitative estimate of drug-likeness (QED) is 0.517. The molecule has 4 rings (SSSR count). The molecule has 0 amide bonds. The lowest BCUT2D eigenvalue weighted by Gasteiger charge is -2.19. The van der Waals surface area contributed by atoms with Gasteiger partial charge in [-0.25, -0.2) is 0 Å². The minimum absolute atomic E-state index is 0.131. The third-order valence-corrected chi connectivity index (χ3v) is 5.91. The van der Waals surface area contributed by atoms with Gasteiger partial charge >= 0.3 is 6.18 Å². The monoisotopic (exact) mass is 489 g/mol. The minimum Gasteiger partial charge on any atom is -0.497 e. The summed E-state index contributed by atoms with van der Waals surface area (Å²) in [6.07, 6.45) is -3.68. The van der Waals surface area contributed by atoms with Crippen molar-refractivity contribution in [2.75, 3.05) is 26.1 Å². The first kappa shape index (κ1) is 24.6. The van der Waals surface area contributed by atoms with E-state index in [2.05, 4.69) is 10.4 Å². The van der Waals surface area contributed by atoms with Gasteiger partial charge in [-0.3, -0.25) is 4.79 Å². The van der Waals surface area contributed by atoms with Crippen molar-refractivity contribution in [1.29, 1.82) is 0 Å². The van der Waals surface area contributed by atoms with E-state index in [4.69, 9.17) is 9.47 Å². The Morgan fingerprint density at radius 3 is 2.34 bits per heavy atom. The van der Waals surface area contributed by atoms with Crippen molar-refractivity contribution in [2.24, 2.45) is 0 Å². The largest absolute Gasteiger partial charge is 0.497 e. The minimum atomic E-state index is -4.71. The van der Waals surface area contributed by atoms with Gasteiger partial charge in [-0.15, -0.1) is 0 Å². The fraction of sp³-hybridized carbons (Fsp3) is 0.360. The molecule has 2 aromatic carbocycles. The van der Waals surface area contributed by atoms with Crippen molar-refractivity contribution < 1.29 is 27.8 Å². The molecule has 0 bridgehead atoms. The maximum absolute atomic E-state index is 14.0. The summed E-state index contributed by atoms with van der Waals surface area (Å²) in [6, 6.07) is 8.51. The zero-order valence-corrected chi connectivity index (χ0v) is 19.6. The smallest absolute Gasteiger partial charge is 0.418 e. The van der Waals surface area contributed by atoms with Crippen LogP contribution in [-0.2, 0) is 19.0 Å². The highest BCUT2D eigenvalue weighted by atomic mass is 19.4. The number of fused-ring (bicyclic) bond motifs is 1. The number of nitrogens with zero attached hydrogens (tertiary/aromatic N) is 2. The molecule has 2 N–H and O–H groups in total. The van der Waals surface area contributed by atoms with Gasteiger partial charge in [0.15, 0.2) is 0 Å². The number of nitrogens with one attached hydrogen (secondary N) is 1. The number of halogens is 3. The lowest BCUT2D eigenvalue weighted by molar-refractivity contribution is -0.137. The van der Waals surface area contributed by atoms with E-state index < -0.39 is 23.4 Å². The topological polar surface area (TPSA) is 85.6 Å². The first-order valence-corrected chi connectivity index (χ1v) is 11.1. The van der Waals surface area contributed by atoms with Crippen LogP contribution in [0.4, 0.5) is 18.9 Å². The molecule has 0 spiro atoms. The number of ether oxygens (including phenoxy) is 2. The predicted molar refractivity (Wildman–Crippen MR) is 126 cm³/mol. The van der Waals surface area contributed by atoms with Crippen LogP contribution in [0, 0.1) is 0 Å². The zero-order chi connectivity index (χ0) is 25.3. The Morgan fingerprint density at radius 1 is 1.09 bits per heavy atom. The van der Waals surface area contributed by atoms with Crippen LogP contribution in [0.25, 0.3) is 16.9 Å². The molecule has 3 aromatic rings. The van der Waals surface area contributed by atoms with E-state index in [1.165, 1.54) is 26.4 Å². The number of aliphatic hydroxyl groups is 1. The Balaban J connectivity index is 1.97. The summed E-state index contributed by atoms with van der Waals surface area (Å²) in [6.45, 7) is 1.69. The summed E-state index contributed by atoms with van der Waals surface area (Å²) in [5.41, 5.74) is 0.535. The van der Waals surface area contributed by atoms with Crippen LogP contribution in [0.3, 0.4) is 0 Å². The molecule has 10 heteroatoms. The normalized spacial score (nSPS) is 13.9. The number of aliphatic hydroxyl groups excluding tert-OH is 1. The Labute approximate surface area is 200 Å². The Hall–Kier alpha value is -3.53. The molecule has 35 heavy (non-hydrogen) atoms. The SMILES string of the molecule is COc1cc(OC)cc(-c2nn(-c3cc(NCC(C)O)ccc3C(F)(F)F)c(=O)c3c2CCC3)c1.